The van der Waals surface area contributed by atoms with Crippen molar-refractivity contribution in [1.29, 1.82) is 0 Å². The molecule has 0 saturated carbocycles. The molecule has 0 N–H and O–H groups in total. The summed E-state index contributed by atoms with van der Waals surface area (Å²) in [5.74, 6) is 0.917. The van der Waals surface area contributed by atoms with Crippen molar-refractivity contribution in [3.8, 4) is 17.1 Å². The molecule has 0 amide bonds. The summed E-state index contributed by atoms with van der Waals surface area (Å²) in [6.45, 7) is 2.09. The van der Waals surface area contributed by atoms with Gasteiger partial charge in [0.25, 0.3) is 0 Å². The average Bonchev–Trinajstić information content (AvgIpc) is 2.95. The molecule has 106 valence electrons. The first kappa shape index (κ1) is 12.8. The number of hydrogen-bond donors (Lipinski definition) is 0. The summed E-state index contributed by atoms with van der Waals surface area (Å²) >= 11 is 0. The Morgan fingerprint density at radius 2 is 1.77 bits per heavy atom. The van der Waals surface area contributed by atoms with Crippen molar-refractivity contribution < 1.29 is 0 Å². The standard InChI is InChI=1S/C19H15N3/c1-14-9-10-18-17(12-14)21-19(15-6-5-11-20-13-15)22(18)16-7-3-2-4-8-16/h2-13H,1H3. The van der Waals surface area contributed by atoms with Crippen molar-refractivity contribution in [3.63, 3.8) is 0 Å². The minimum atomic E-state index is 0.917. The number of benzene rings is 2. The zero-order chi connectivity index (χ0) is 14.9. The van der Waals surface area contributed by atoms with Gasteiger partial charge in [-0.25, -0.2) is 4.98 Å². The second kappa shape index (κ2) is 5.11. The molecule has 0 atom stereocenters. The molecule has 2 heterocycles. The van der Waals surface area contributed by atoms with Crippen LogP contribution < -0.4 is 0 Å². The van der Waals surface area contributed by atoms with Crippen LogP contribution >= 0.6 is 0 Å². The number of rotatable bonds is 2. The Kier molecular flexibility index (Phi) is 2.97. The van der Waals surface area contributed by atoms with Crippen LogP contribution in [0.25, 0.3) is 28.1 Å². The van der Waals surface area contributed by atoms with Crippen molar-refractivity contribution in [2.24, 2.45) is 0 Å². The lowest BCUT2D eigenvalue weighted by Crippen LogP contribution is -1.97. The van der Waals surface area contributed by atoms with Crippen LogP contribution in [0.5, 0.6) is 0 Å². The number of nitrogens with zero attached hydrogens (tertiary/aromatic N) is 3. The number of imidazole rings is 1. The van der Waals surface area contributed by atoms with Crippen molar-refractivity contribution in [1.82, 2.24) is 14.5 Å². The number of para-hydroxylation sites is 1. The lowest BCUT2D eigenvalue weighted by atomic mass is 10.2. The summed E-state index contributed by atoms with van der Waals surface area (Å²) in [6, 6.07) is 20.7. The maximum absolute atomic E-state index is 4.84. The van der Waals surface area contributed by atoms with Crippen LogP contribution in [0.15, 0.2) is 73.1 Å². The van der Waals surface area contributed by atoms with E-state index in [0.717, 1.165) is 28.1 Å². The van der Waals surface area contributed by atoms with Gasteiger partial charge in [0.1, 0.15) is 5.82 Å². The van der Waals surface area contributed by atoms with Gasteiger partial charge in [0.15, 0.2) is 0 Å². The summed E-state index contributed by atoms with van der Waals surface area (Å²) in [5.41, 5.74) is 5.44. The van der Waals surface area contributed by atoms with Gasteiger partial charge >= 0.3 is 0 Å². The van der Waals surface area contributed by atoms with Gasteiger partial charge in [0.2, 0.25) is 0 Å². The fourth-order valence-electron chi connectivity index (χ4n) is 2.72. The highest BCUT2D eigenvalue weighted by Gasteiger charge is 2.14. The molecule has 0 spiro atoms. The highest BCUT2D eigenvalue weighted by molar-refractivity contribution is 5.83. The molecule has 22 heavy (non-hydrogen) atoms. The number of aryl methyl sites for hydroxylation is 1. The van der Waals surface area contributed by atoms with Crippen molar-refractivity contribution in [3.05, 3.63) is 78.6 Å². The van der Waals surface area contributed by atoms with E-state index >= 15 is 0 Å². The minimum Gasteiger partial charge on any atom is -0.292 e. The SMILES string of the molecule is Cc1ccc2c(c1)nc(-c1cccnc1)n2-c1ccccc1. The molecule has 0 aliphatic heterocycles. The molecule has 0 aliphatic carbocycles. The number of aromatic nitrogens is 3. The highest BCUT2D eigenvalue weighted by Crippen LogP contribution is 2.28. The van der Waals surface area contributed by atoms with E-state index in [9.17, 15) is 0 Å². The lowest BCUT2D eigenvalue weighted by molar-refractivity contribution is 1.10. The van der Waals surface area contributed by atoms with Gasteiger partial charge < -0.3 is 0 Å². The minimum absolute atomic E-state index is 0.917. The van der Waals surface area contributed by atoms with Crippen molar-refractivity contribution in [2.75, 3.05) is 0 Å². The lowest BCUT2D eigenvalue weighted by Gasteiger charge is -2.09. The summed E-state index contributed by atoms with van der Waals surface area (Å²) in [4.78, 5) is 9.07. The smallest absolute Gasteiger partial charge is 0.147 e. The molecule has 4 aromatic rings. The fraction of sp³-hybridized carbons (Fsp3) is 0.0526. The van der Waals surface area contributed by atoms with Gasteiger partial charge in [-0.15, -0.1) is 0 Å². The van der Waals surface area contributed by atoms with Crippen LogP contribution in [-0.4, -0.2) is 14.5 Å². The van der Waals surface area contributed by atoms with Crippen molar-refractivity contribution in [2.45, 2.75) is 6.92 Å². The quantitative estimate of drug-likeness (QED) is 0.546. The predicted molar refractivity (Wildman–Crippen MR) is 89.0 cm³/mol. The Labute approximate surface area is 128 Å². The van der Waals surface area contributed by atoms with E-state index in [1.165, 1.54) is 5.56 Å². The molecule has 4 rings (SSSR count). The zero-order valence-corrected chi connectivity index (χ0v) is 12.3. The topological polar surface area (TPSA) is 30.7 Å². The van der Waals surface area contributed by atoms with Gasteiger partial charge in [-0.3, -0.25) is 9.55 Å². The van der Waals surface area contributed by atoms with E-state index in [1.807, 2.05) is 36.5 Å². The Morgan fingerprint density at radius 1 is 0.909 bits per heavy atom. The zero-order valence-electron chi connectivity index (χ0n) is 12.3. The van der Waals surface area contributed by atoms with Crippen molar-refractivity contribution >= 4 is 11.0 Å². The highest BCUT2D eigenvalue weighted by atomic mass is 15.1. The molecule has 3 nitrogen and oxygen atoms in total. The summed E-state index contributed by atoms with van der Waals surface area (Å²) < 4.78 is 2.19. The third-order valence-corrected chi connectivity index (χ3v) is 3.74. The maximum Gasteiger partial charge on any atom is 0.147 e. The third-order valence-electron chi connectivity index (χ3n) is 3.74. The third kappa shape index (κ3) is 2.07. The van der Waals surface area contributed by atoms with Gasteiger partial charge in [-0.1, -0.05) is 24.3 Å². The second-order valence-electron chi connectivity index (χ2n) is 5.34. The van der Waals surface area contributed by atoms with Crippen LogP contribution in [0.3, 0.4) is 0 Å². The number of pyridine rings is 1. The van der Waals surface area contributed by atoms with E-state index in [0.29, 0.717) is 0 Å². The largest absolute Gasteiger partial charge is 0.292 e. The molecular formula is C19H15N3. The van der Waals surface area contributed by atoms with Crippen LogP contribution in [0.2, 0.25) is 0 Å². The molecule has 0 fully saturated rings. The fourth-order valence-corrected chi connectivity index (χ4v) is 2.72. The van der Waals surface area contributed by atoms with Gasteiger partial charge in [-0.2, -0.15) is 0 Å². The Morgan fingerprint density at radius 3 is 2.55 bits per heavy atom. The van der Waals surface area contributed by atoms with Gasteiger partial charge in [-0.05, 0) is 48.9 Å². The molecule has 2 aromatic heterocycles. The van der Waals surface area contributed by atoms with E-state index in [1.54, 1.807) is 6.20 Å². The normalized spacial score (nSPS) is 11.0. The van der Waals surface area contributed by atoms with Crippen LogP contribution in [0.4, 0.5) is 0 Å². The first-order chi connectivity index (χ1) is 10.8. The molecule has 0 unspecified atom stereocenters. The second-order valence-corrected chi connectivity index (χ2v) is 5.34. The van der Waals surface area contributed by atoms with Gasteiger partial charge in [0, 0.05) is 23.6 Å². The summed E-state index contributed by atoms with van der Waals surface area (Å²) in [6.07, 6.45) is 3.64. The number of hydrogen-bond acceptors (Lipinski definition) is 2. The van der Waals surface area contributed by atoms with Crippen LogP contribution in [0, 0.1) is 6.92 Å². The maximum atomic E-state index is 4.84. The van der Waals surface area contributed by atoms with Gasteiger partial charge in [0.05, 0.1) is 11.0 Å². The average molecular weight is 285 g/mol. The molecule has 3 heteroatoms. The first-order valence-corrected chi connectivity index (χ1v) is 7.28. The molecule has 0 saturated heterocycles. The van der Waals surface area contributed by atoms with Crippen LogP contribution in [-0.2, 0) is 0 Å². The molecule has 0 bridgehead atoms. The van der Waals surface area contributed by atoms with Crippen LogP contribution in [0.1, 0.15) is 5.56 Å². The summed E-state index contributed by atoms with van der Waals surface area (Å²) in [5, 5.41) is 0. The Hall–Kier alpha value is -2.94. The van der Waals surface area contributed by atoms with E-state index < -0.39 is 0 Å². The van der Waals surface area contributed by atoms with E-state index in [2.05, 4.69) is 46.8 Å². The summed E-state index contributed by atoms with van der Waals surface area (Å²) in [7, 11) is 0. The molecule has 0 aliphatic rings. The molecule has 2 aromatic carbocycles. The monoisotopic (exact) mass is 285 g/mol. The molecular weight excluding hydrogens is 270 g/mol. The molecule has 0 radical (unpaired) electrons. The van der Waals surface area contributed by atoms with E-state index in [-0.39, 0.29) is 0 Å². The van der Waals surface area contributed by atoms with E-state index in [4.69, 9.17) is 4.98 Å². The first-order valence-electron chi connectivity index (χ1n) is 7.28. The Balaban J connectivity index is 2.07. The Bertz CT molecular complexity index is 925. The number of fused-ring (bicyclic) bond motifs is 1. The predicted octanol–water partition coefficient (Wildman–Crippen LogP) is 4.40.